The van der Waals surface area contributed by atoms with Crippen LogP contribution < -0.4 is 10.2 Å². The summed E-state index contributed by atoms with van der Waals surface area (Å²) < 4.78 is 0. The Morgan fingerprint density at radius 1 is 1.20 bits per heavy atom. The Kier molecular flexibility index (Phi) is 3.30. The Bertz CT molecular complexity index is 958. The van der Waals surface area contributed by atoms with Gasteiger partial charge in [-0.1, -0.05) is 17.7 Å². The molecule has 3 aromatic rings. The first kappa shape index (κ1) is 15.2. The van der Waals surface area contributed by atoms with Gasteiger partial charge in [0.15, 0.2) is 0 Å². The SMILES string of the molecule is Cc1cc2c(cc1Cl)N(c1ncnc3[nH]ccc13)CC21CCNCC1. The van der Waals surface area contributed by atoms with Gasteiger partial charge in [0.1, 0.15) is 17.8 Å². The first-order chi connectivity index (χ1) is 12.2. The zero-order chi connectivity index (χ0) is 17.0. The van der Waals surface area contributed by atoms with E-state index in [0.717, 1.165) is 59.9 Å². The van der Waals surface area contributed by atoms with Crippen LogP contribution in [0, 0.1) is 6.92 Å². The van der Waals surface area contributed by atoms with Crippen molar-refractivity contribution in [1.29, 1.82) is 0 Å². The molecule has 5 nitrogen and oxygen atoms in total. The molecule has 0 radical (unpaired) electrons. The second-order valence-electron chi connectivity index (χ2n) is 7.17. The Hall–Kier alpha value is -2.11. The molecule has 1 fully saturated rings. The number of benzene rings is 1. The Balaban J connectivity index is 1.72. The summed E-state index contributed by atoms with van der Waals surface area (Å²) in [6, 6.07) is 6.45. The number of aromatic amines is 1. The van der Waals surface area contributed by atoms with Gasteiger partial charge in [0.25, 0.3) is 0 Å². The zero-order valence-corrected chi connectivity index (χ0v) is 14.9. The molecule has 2 aliphatic rings. The van der Waals surface area contributed by atoms with Crippen LogP contribution in [0.3, 0.4) is 0 Å². The number of hydrogen-bond acceptors (Lipinski definition) is 4. The number of halogens is 1. The number of nitrogens with zero attached hydrogens (tertiary/aromatic N) is 3. The van der Waals surface area contributed by atoms with Crippen molar-refractivity contribution in [1.82, 2.24) is 20.3 Å². The Morgan fingerprint density at radius 2 is 2.04 bits per heavy atom. The monoisotopic (exact) mass is 353 g/mol. The van der Waals surface area contributed by atoms with E-state index in [-0.39, 0.29) is 5.41 Å². The fraction of sp³-hybridized carbons (Fsp3) is 0.368. The fourth-order valence-corrected chi connectivity index (χ4v) is 4.55. The highest BCUT2D eigenvalue weighted by atomic mass is 35.5. The molecule has 128 valence electrons. The maximum Gasteiger partial charge on any atom is 0.145 e. The maximum absolute atomic E-state index is 6.49. The lowest BCUT2D eigenvalue weighted by atomic mass is 9.74. The Labute approximate surface area is 151 Å². The minimum Gasteiger partial charge on any atom is -0.346 e. The normalized spacial score (nSPS) is 18.9. The molecule has 1 aromatic carbocycles. The van der Waals surface area contributed by atoms with Gasteiger partial charge in [-0.15, -0.1) is 0 Å². The number of aryl methyl sites for hydroxylation is 1. The molecule has 25 heavy (non-hydrogen) atoms. The summed E-state index contributed by atoms with van der Waals surface area (Å²) >= 11 is 6.49. The molecule has 2 N–H and O–H groups in total. The van der Waals surface area contributed by atoms with Gasteiger partial charge in [-0.25, -0.2) is 9.97 Å². The van der Waals surface area contributed by atoms with E-state index < -0.39 is 0 Å². The van der Waals surface area contributed by atoms with Crippen molar-refractivity contribution in [2.75, 3.05) is 24.5 Å². The van der Waals surface area contributed by atoms with Crippen molar-refractivity contribution in [3.8, 4) is 0 Å². The molecule has 5 rings (SSSR count). The van der Waals surface area contributed by atoms with E-state index in [0.29, 0.717) is 0 Å². The number of piperidine rings is 1. The lowest BCUT2D eigenvalue weighted by molar-refractivity contribution is 0.329. The number of rotatable bonds is 1. The number of H-pyrrole nitrogens is 1. The average molecular weight is 354 g/mol. The summed E-state index contributed by atoms with van der Waals surface area (Å²) in [5, 5.41) is 5.36. The zero-order valence-electron chi connectivity index (χ0n) is 14.1. The average Bonchev–Trinajstić information content (AvgIpc) is 3.21. The summed E-state index contributed by atoms with van der Waals surface area (Å²) in [7, 11) is 0. The van der Waals surface area contributed by atoms with Crippen molar-refractivity contribution < 1.29 is 0 Å². The van der Waals surface area contributed by atoms with Crippen molar-refractivity contribution in [3.63, 3.8) is 0 Å². The lowest BCUT2D eigenvalue weighted by Crippen LogP contribution is -2.42. The molecular formula is C19H20ClN5. The summed E-state index contributed by atoms with van der Waals surface area (Å²) in [5.74, 6) is 0.961. The quantitative estimate of drug-likeness (QED) is 0.700. The maximum atomic E-state index is 6.49. The summed E-state index contributed by atoms with van der Waals surface area (Å²) in [5.41, 5.74) is 4.80. The van der Waals surface area contributed by atoms with Crippen LogP contribution >= 0.6 is 11.6 Å². The molecule has 0 atom stereocenters. The van der Waals surface area contributed by atoms with Crippen molar-refractivity contribution in [2.24, 2.45) is 0 Å². The van der Waals surface area contributed by atoms with Gasteiger partial charge in [0.2, 0.25) is 0 Å². The molecule has 4 heterocycles. The third kappa shape index (κ3) is 2.19. The number of hydrogen-bond donors (Lipinski definition) is 2. The predicted octanol–water partition coefficient (Wildman–Crippen LogP) is 3.69. The minimum absolute atomic E-state index is 0.170. The molecule has 1 spiro atoms. The van der Waals surface area contributed by atoms with Crippen LogP contribution in [-0.4, -0.2) is 34.6 Å². The minimum atomic E-state index is 0.170. The molecular weight excluding hydrogens is 334 g/mol. The topological polar surface area (TPSA) is 56.8 Å². The van der Waals surface area contributed by atoms with Crippen LogP contribution in [-0.2, 0) is 5.41 Å². The first-order valence-corrected chi connectivity index (χ1v) is 9.13. The largest absolute Gasteiger partial charge is 0.346 e. The second kappa shape index (κ2) is 5.44. The Morgan fingerprint density at radius 3 is 2.88 bits per heavy atom. The van der Waals surface area contributed by atoms with Gasteiger partial charge in [-0.3, -0.25) is 0 Å². The third-order valence-electron chi connectivity index (χ3n) is 5.75. The van der Waals surface area contributed by atoms with Crippen LogP contribution in [0.5, 0.6) is 0 Å². The summed E-state index contributed by atoms with van der Waals surface area (Å²) in [6.07, 6.45) is 5.83. The van der Waals surface area contributed by atoms with Crippen molar-refractivity contribution in [3.05, 3.63) is 46.9 Å². The molecule has 0 bridgehead atoms. The van der Waals surface area contributed by atoms with E-state index in [1.54, 1.807) is 6.33 Å². The van der Waals surface area contributed by atoms with E-state index in [2.05, 4.69) is 44.2 Å². The molecule has 0 amide bonds. The van der Waals surface area contributed by atoms with Crippen LogP contribution in [0.4, 0.5) is 11.5 Å². The van der Waals surface area contributed by atoms with Gasteiger partial charge in [-0.05, 0) is 56.1 Å². The highest BCUT2D eigenvalue weighted by molar-refractivity contribution is 6.31. The number of anilines is 2. The molecule has 0 aliphatic carbocycles. The molecule has 6 heteroatoms. The predicted molar refractivity (Wildman–Crippen MR) is 101 cm³/mol. The van der Waals surface area contributed by atoms with Crippen molar-refractivity contribution in [2.45, 2.75) is 25.2 Å². The van der Waals surface area contributed by atoms with E-state index in [1.807, 2.05) is 12.3 Å². The molecule has 0 saturated carbocycles. The molecule has 0 unspecified atom stereocenters. The summed E-state index contributed by atoms with van der Waals surface area (Å²) in [4.78, 5) is 14.5. The van der Waals surface area contributed by atoms with Crippen LogP contribution in [0.15, 0.2) is 30.7 Å². The van der Waals surface area contributed by atoms with Crippen LogP contribution in [0.25, 0.3) is 11.0 Å². The molecule has 2 aromatic heterocycles. The van der Waals surface area contributed by atoms with Gasteiger partial charge in [-0.2, -0.15) is 0 Å². The van der Waals surface area contributed by atoms with Crippen LogP contribution in [0.2, 0.25) is 5.02 Å². The lowest BCUT2D eigenvalue weighted by Gasteiger charge is -2.35. The molecule has 1 saturated heterocycles. The second-order valence-corrected chi connectivity index (χ2v) is 7.58. The van der Waals surface area contributed by atoms with Gasteiger partial charge in [0, 0.05) is 28.9 Å². The standard InChI is InChI=1S/C19H20ClN5/c1-12-8-14-16(9-15(12)20)25(10-19(14)3-6-21-7-4-19)18-13-2-5-22-17(13)23-11-24-18/h2,5,8-9,11,21H,3-4,6-7,10H2,1H3,(H,22,23,24). The van der Waals surface area contributed by atoms with Gasteiger partial charge < -0.3 is 15.2 Å². The first-order valence-electron chi connectivity index (χ1n) is 8.75. The number of fused-ring (bicyclic) bond motifs is 3. The van der Waals surface area contributed by atoms with E-state index in [1.165, 1.54) is 11.3 Å². The summed E-state index contributed by atoms with van der Waals surface area (Å²) in [6.45, 7) is 5.15. The smallest absolute Gasteiger partial charge is 0.145 e. The highest BCUT2D eigenvalue weighted by Crippen LogP contribution is 2.50. The van der Waals surface area contributed by atoms with Gasteiger partial charge >= 0.3 is 0 Å². The number of nitrogens with one attached hydrogen (secondary N) is 2. The highest BCUT2D eigenvalue weighted by Gasteiger charge is 2.44. The van der Waals surface area contributed by atoms with Crippen molar-refractivity contribution >= 4 is 34.1 Å². The van der Waals surface area contributed by atoms with E-state index >= 15 is 0 Å². The van der Waals surface area contributed by atoms with Gasteiger partial charge in [0.05, 0.1) is 5.39 Å². The third-order valence-corrected chi connectivity index (χ3v) is 6.16. The van der Waals surface area contributed by atoms with Crippen LogP contribution in [0.1, 0.15) is 24.0 Å². The fourth-order valence-electron chi connectivity index (χ4n) is 4.39. The molecule has 2 aliphatic heterocycles. The number of aromatic nitrogens is 3. The van der Waals surface area contributed by atoms with E-state index in [4.69, 9.17) is 11.6 Å². The van der Waals surface area contributed by atoms with E-state index in [9.17, 15) is 0 Å².